The highest BCUT2D eigenvalue weighted by Crippen LogP contribution is 2.41. The molecular weight excluding hydrogens is 412 g/mol. The Bertz CT molecular complexity index is 1010. The number of nitrogens with zero attached hydrogens (tertiary/aromatic N) is 3. The van der Waals surface area contributed by atoms with Gasteiger partial charge in [-0.2, -0.15) is 5.26 Å². The molecule has 2 aromatic carbocycles. The maximum atomic E-state index is 13.4. The Morgan fingerprint density at radius 1 is 1.10 bits per heavy atom. The van der Waals surface area contributed by atoms with E-state index >= 15 is 0 Å². The van der Waals surface area contributed by atoms with Crippen LogP contribution in [0.1, 0.15) is 5.56 Å². The number of anilines is 1. The number of carbonyl (C=O) groups is 2. The van der Waals surface area contributed by atoms with Gasteiger partial charge in [-0.3, -0.25) is 19.9 Å². The van der Waals surface area contributed by atoms with E-state index < -0.39 is 11.2 Å². The normalized spacial score (nSPS) is 20.9. The predicted molar refractivity (Wildman–Crippen MR) is 119 cm³/mol. The summed E-state index contributed by atoms with van der Waals surface area (Å²) in [7, 11) is 0. The molecule has 1 atom stereocenters. The number of rotatable bonds is 5. The van der Waals surface area contributed by atoms with Gasteiger partial charge in [0.05, 0.1) is 18.5 Å². The Morgan fingerprint density at radius 3 is 2.39 bits per heavy atom. The molecule has 0 aliphatic carbocycles. The zero-order valence-corrected chi connectivity index (χ0v) is 17.7. The number of nitriles is 1. The summed E-state index contributed by atoms with van der Waals surface area (Å²) in [6, 6.07) is 20.9. The largest absolute Gasteiger partial charge is 0.379 e. The third-order valence-electron chi connectivity index (χ3n) is 5.05. The second-order valence-electron chi connectivity index (χ2n) is 7.14. The summed E-state index contributed by atoms with van der Waals surface area (Å²) in [6.07, 6.45) is 0.515. The number of para-hydroxylation sites is 1. The number of amides is 2. The van der Waals surface area contributed by atoms with Crippen LogP contribution in [0, 0.1) is 11.3 Å². The van der Waals surface area contributed by atoms with Gasteiger partial charge in [0, 0.05) is 18.8 Å². The van der Waals surface area contributed by atoms with Crippen LogP contribution in [-0.2, 0) is 20.7 Å². The summed E-state index contributed by atoms with van der Waals surface area (Å²) in [6.45, 7) is 2.12. The number of hydrogen-bond donors (Lipinski definition) is 1. The van der Waals surface area contributed by atoms with Crippen molar-refractivity contribution in [2.45, 2.75) is 11.7 Å². The van der Waals surface area contributed by atoms with Crippen LogP contribution in [0.15, 0.2) is 71.3 Å². The molecule has 2 amide bonds. The van der Waals surface area contributed by atoms with Crippen molar-refractivity contribution in [3.05, 3.63) is 76.8 Å². The molecule has 1 N–H and O–H groups in total. The molecule has 2 aliphatic rings. The van der Waals surface area contributed by atoms with Crippen LogP contribution in [0.2, 0.25) is 0 Å². The number of ether oxygens (including phenoxy) is 1. The lowest BCUT2D eigenvalue weighted by molar-refractivity contribution is -0.123. The lowest BCUT2D eigenvalue weighted by Gasteiger charge is -2.27. The van der Waals surface area contributed by atoms with Gasteiger partial charge in [-0.15, -0.1) is 0 Å². The smallest absolute Gasteiger partial charge is 0.278 e. The van der Waals surface area contributed by atoms with E-state index in [4.69, 9.17) is 4.74 Å². The van der Waals surface area contributed by atoms with Crippen molar-refractivity contribution in [3.63, 3.8) is 0 Å². The minimum Gasteiger partial charge on any atom is -0.379 e. The third kappa shape index (κ3) is 4.80. The monoisotopic (exact) mass is 434 g/mol. The number of benzene rings is 2. The SMILES string of the molecule is N#C/C(C(=O)NN1CCOCC1)=C1/SC(Cc2ccccc2)C(=O)N1c1ccccc1. The highest BCUT2D eigenvalue weighted by Gasteiger charge is 2.40. The summed E-state index contributed by atoms with van der Waals surface area (Å²) >= 11 is 1.27. The van der Waals surface area contributed by atoms with Crippen LogP contribution in [0.4, 0.5) is 5.69 Å². The quantitative estimate of drug-likeness (QED) is 0.575. The molecule has 2 aromatic rings. The first-order valence-corrected chi connectivity index (χ1v) is 10.9. The van der Waals surface area contributed by atoms with E-state index in [1.54, 1.807) is 17.1 Å². The first-order valence-electron chi connectivity index (χ1n) is 10.0. The summed E-state index contributed by atoms with van der Waals surface area (Å²) in [4.78, 5) is 27.8. The van der Waals surface area contributed by atoms with Gasteiger partial charge in [-0.05, 0) is 24.1 Å². The van der Waals surface area contributed by atoms with Crippen LogP contribution in [-0.4, -0.2) is 48.4 Å². The first-order chi connectivity index (χ1) is 15.2. The topological polar surface area (TPSA) is 85.7 Å². The van der Waals surface area contributed by atoms with Crippen LogP contribution < -0.4 is 10.3 Å². The molecule has 2 aliphatic heterocycles. The lowest BCUT2D eigenvalue weighted by Crippen LogP contribution is -2.49. The number of carbonyl (C=O) groups excluding carboxylic acids is 2. The van der Waals surface area contributed by atoms with Crippen LogP contribution >= 0.6 is 11.8 Å². The second-order valence-corrected chi connectivity index (χ2v) is 8.33. The Hall–Kier alpha value is -3.12. The fraction of sp³-hybridized carbons (Fsp3) is 0.261. The minimum atomic E-state index is -0.513. The number of hydrogen-bond acceptors (Lipinski definition) is 6. The number of thioether (sulfide) groups is 1. The third-order valence-corrected chi connectivity index (χ3v) is 6.32. The Balaban J connectivity index is 1.66. The average molecular weight is 435 g/mol. The molecule has 2 heterocycles. The molecule has 4 rings (SSSR count). The van der Waals surface area contributed by atoms with Crippen LogP contribution in [0.25, 0.3) is 0 Å². The van der Waals surface area contributed by atoms with Crippen molar-refractivity contribution >= 4 is 29.3 Å². The van der Waals surface area contributed by atoms with Crippen molar-refractivity contribution in [3.8, 4) is 6.07 Å². The molecule has 8 heteroatoms. The molecule has 0 bridgehead atoms. The van der Waals surface area contributed by atoms with Gasteiger partial charge in [-0.25, -0.2) is 5.01 Å². The summed E-state index contributed by atoms with van der Waals surface area (Å²) in [5.74, 6) is -0.650. The fourth-order valence-corrected chi connectivity index (χ4v) is 4.81. The minimum absolute atomic E-state index is 0.0655. The van der Waals surface area contributed by atoms with E-state index in [9.17, 15) is 14.9 Å². The molecule has 7 nitrogen and oxygen atoms in total. The molecule has 31 heavy (non-hydrogen) atoms. The molecule has 0 spiro atoms. The predicted octanol–water partition coefficient (Wildman–Crippen LogP) is 2.48. The molecule has 158 valence electrons. The maximum absolute atomic E-state index is 13.4. The van der Waals surface area contributed by atoms with Crippen LogP contribution in [0.5, 0.6) is 0 Å². The van der Waals surface area contributed by atoms with Crippen molar-refractivity contribution in [2.75, 3.05) is 31.2 Å². The second kappa shape index (κ2) is 9.79. The summed E-state index contributed by atoms with van der Waals surface area (Å²) in [5, 5.41) is 11.5. The lowest BCUT2D eigenvalue weighted by atomic mass is 10.1. The van der Waals surface area contributed by atoms with E-state index in [2.05, 4.69) is 5.43 Å². The van der Waals surface area contributed by atoms with Gasteiger partial charge in [0.1, 0.15) is 16.7 Å². The van der Waals surface area contributed by atoms with E-state index in [0.717, 1.165) is 5.56 Å². The standard InChI is InChI=1S/C23H22N4O3S/c24-16-19(21(28)25-26-11-13-30-14-12-26)23-27(18-9-5-2-6-10-18)22(29)20(31-23)15-17-7-3-1-4-8-17/h1-10,20H,11-15H2,(H,25,28)/b23-19-. The van der Waals surface area contributed by atoms with E-state index in [-0.39, 0.29) is 11.5 Å². The van der Waals surface area contributed by atoms with Gasteiger partial charge in [0.25, 0.3) is 5.91 Å². The van der Waals surface area contributed by atoms with Gasteiger partial charge in [-0.1, -0.05) is 60.3 Å². The molecule has 0 aromatic heterocycles. The molecule has 0 radical (unpaired) electrons. The van der Waals surface area contributed by atoms with Crippen molar-refractivity contribution in [1.82, 2.24) is 10.4 Å². The highest BCUT2D eigenvalue weighted by molar-refractivity contribution is 8.05. The number of morpholine rings is 1. The maximum Gasteiger partial charge on any atom is 0.278 e. The average Bonchev–Trinajstić information content (AvgIpc) is 3.11. The molecular formula is C23H22N4O3S. The summed E-state index contributed by atoms with van der Waals surface area (Å²) in [5.41, 5.74) is 4.38. The van der Waals surface area contributed by atoms with Gasteiger partial charge in [0.2, 0.25) is 5.91 Å². The fourth-order valence-electron chi connectivity index (χ4n) is 3.50. The van der Waals surface area contributed by atoms with Gasteiger partial charge >= 0.3 is 0 Å². The van der Waals surface area contributed by atoms with Gasteiger partial charge < -0.3 is 4.74 Å². The molecule has 0 saturated carbocycles. The Labute approximate surface area is 185 Å². The van der Waals surface area contributed by atoms with Gasteiger partial charge in [0.15, 0.2) is 0 Å². The molecule has 2 saturated heterocycles. The Morgan fingerprint density at radius 2 is 1.74 bits per heavy atom. The van der Waals surface area contributed by atoms with Crippen molar-refractivity contribution in [1.29, 1.82) is 5.26 Å². The van der Waals surface area contributed by atoms with E-state index in [1.807, 2.05) is 54.6 Å². The summed E-state index contributed by atoms with van der Waals surface area (Å²) < 4.78 is 5.30. The highest BCUT2D eigenvalue weighted by atomic mass is 32.2. The molecule has 2 fully saturated rings. The number of nitrogens with one attached hydrogen (secondary N) is 1. The zero-order valence-electron chi connectivity index (χ0n) is 16.9. The number of hydrazine groups is 1. The first kappa shape index (κ1) is 21.1. The van der Waals surface area contributed by atoms with E-state index in [1.165, 1.54) is 16.7 Å². The molecule has 1 unspecified atom stereocenters. The van der Waals surface area contributed by atoms with Crippen LogP contribution in [0.3, 0.4) is 0 Å². The van der Waals surface area contributed by atoms with E-state index in [0.29, 0.717) is 43.4 Å². The van der Waals surface area contributed by atoms with Crippen molar-refractivity contribution < 1.29 is 14.3 Å². The zero-order chi connectivity index (χ0) is 21.6. The van der Waals surface area contributed by atoms with Crippen molar-refractivity contribution in [2.24, 2.45) is 0 Å². The Kier molecular flexibility index (Phi) is 6.67.